The van der Waals surface area contributed by atoms with E-state index in [1.807, 2.05) is 0 Å². The van der Waals surface area contributed by atoms with Gasteiger partial charge in [-0.25, -0.2) is 0 Å². The van der Waals surface area contributed by atoms with E-state index in [1.165, 1.54) is 11.3 Å². The van der Waals surface area contributed by atoms with Crippen molar-refractivity contribution in [3.63, 3.8) is 0 Å². The first-order chi connectivity index (χ1) is 7.15. The Labute approximate surface area is 108 Å². The Hall–Kier alpha value is 0.390. The molecule has 1 atom stereocenters. The van der Waals surface area contributed by atoms with Crippen LogP contribution in [0, 0.1) is 0 Å². The SMILES string of the molecule is N[C@@H]1CCCN(Cc2cc(Br)c(Cl)s2)C1. The van der Waals surface area contributed by atoms with E-state index in [0.717, 1.165) is 34.9 Å². The van der Waals surface area contributed by atoms with Gasteiger partial charge in [-0.1, -0.05) is 11.6 Å². The second-order valence-electron chi connectivity index (χ2n) is 3.97. The smallest absolute Gasteiger partial charge is 0.107 e. The van der Waals surface area contributed by atoms with Gasteiger partial charge in [0.05, 0.1) is 0 Å². The summed E-state index contributed by atoms with van der Waals surface area (Å²) in [5.74, 6) is 0. The number of hydrogen-bond acceptors (Lipinski definition) is 3. The van der Waals surface area contributed by atoms with E-state index in [4.69, 9.17) is 17.3 Å². The number of likely N-dealkylation sites (tertiary alicyclic amines) is 1. The molecule has 1 aromatic heterocycles. The lowest BCUT2D eigenvalue weighted by atomic mass is 10.1. The van der Waals surface area contributed by atoms with Crippen LogP contribution in [0.5, 0.6) is 0 Å². The van der Waals surface area contributed by atoms with Gasteiger partial charge in [0.15, 0.2) is 0 Å². The van der Waals surface area contributed by atoms with Crippen molar-refractivity contribution in [3.8, 4) is 0 Å². The summed E-state index contributed by atoms with van der Waals surface area (Å²) in [7, 11) is 0. The number of halogens is 2. The third-order valence-corrected chi connectivity index (χ3v) is 5.08. The maximum absolute atomic E-state index is 6.00. The molecule has 1 aromatic rings. The molecule has 0 spiro atoms. The average Bonchev–Trinajstić information content (AvgIpc) is 2.45. The minimum atomic E-state index is 0.345. The molecule has 2 heterocycles. The highest BCUT2D eigenvalue weighted by molar-refractivity contribution is 9.10. The third kappa shape index (κ3) is 3.17. The highest BCUT2D eigenvalue weighted by Crippen LogP contribution is 2.32. The number of thiophene rings is 1. The van der Waals surface area contributed by atoms with Crippen LogP contribution in [-0.2, 0) is 6.54 Å². The summed E-state index contributed by atoms with van der Waals surface area (Å²) >= 11 is 11.1. The van der Waals surface area contributed by atoms with E-state index in [9.17, 15) is 0 Å². The van der Waals surface area contributed by atoms with Crippen LogP contribution in [0.4, 0.5) is 0 Å². The first-order valence-electron chi connectivity index (χ1n) is 5.07. The van der Waals surface area contributed by atoms with Gasteiger partial charge in [0.2, 0.25) is 0 Å². The summed E-state index contributed by atoms with van der Waals surface area (Å²) in [5.41, 5.74) is 5.94. The molecule has 0 aliphatic carbocycles. The van der Waals surface area contributed by atoms with Crippen LogP contribution >= 0.6 is 38.9 Å². The number of piperidine rings is 1. The van der Waals surface area contributed by atoms with Gasteiger partial charge in [-0.05, 0) is 41.4 Å². The summed E-state index contributed by atoms with van der Waals surface area (Å²) in [6.45, 7) is 3.14. The lowest BCUT2D eigenvalue weighted by molar-refractivity contribution is 0.203. The van der Waals surface area contributed by atoms with Crippen molar-refractivity contribution in [3.05, 3.63) is 19.8 Å². The molecule has 5 heteroatoms. The Morgan fingerprint density at radius 3 is 3.07 bits per heavy atom. The van der Waals surface area contributed by atoms with Gasteiger partial charge in [-0.3, -0.25) is 4.90 Å². The minimum Gasteiger partial charge on any atom is -0.327 e. The number of rotatable bonds is 2. The van der Waals surface area contributed by atoms with Crippen LogP contribution in [0.2, 0.25) is 4.34 Å². The summed E-state index contributed by atoms with van der Waals surface area (Å²) in [5, 5.41) is 0. The predicted octanol–water partition coefficient (Wildman–Crippen LogP) is 3.09. The molecule has 0 amide bonds. The molecular formula is C10H14BrClN2S. The van der Waals surface area contributed by atoms with Gasteiger partial charge in [-0.15, -0.1) is 11.3 Å². The Kier molecular flexibility index (Phi) is 4.07. The summed E-state index contributed by atoms with van der Waals surface area (Å²) in [6.07, 6.45) is 2.37. The van der Waals surface area contributed by atoms with Gasteiger partial charge in [0.1, 0.15) is 4.34 Å². The average molecular weight is 310 g/mol. The van der Waals surface area contributed by atoms with E-state index in [0.29, 0.717) is 6.04 Å². The van der Waals surface area contributed by atoms with Crippen LogP contribution in [0.3, 0.4) is 0 Å². The topological polar surface area (TPSA) is 29.3 Å². The van der Waals surface area contributed by atoms with Gasteiger partial charge in [0.25, 0.3) is 0 Å². The molecule has 1 saturated heterocycles. The zero-order valence-corrected chi connectivity index (χ0v) is 11.5. The molecule has 15 heavy (non-hydrogen) atoms. The van der Waals surface area contributed by atoms with E-state index in [-0.39, 0.29) is 0 Å². The molecule has 0 aromatic carbocycles. The van der Waals surface area contributed by atoms with Crippen LogP contribution in [0.25, 0.3) is 0 Å². The standard InChI is InChI=1S/C10H14BrClN2S/c11-9-4-8(15-10(9)12)6-14-3-1-2-7(13)5-14/h4,7H,1-3,5-6,13H2/t7-/m1/s1. The van der Waals surface area contributed by atoms with Gasteiger partial charge < -0.3 is 5.73 Å². The Morgan fingerprint density at radius 2 is 2.47 bits per heavy atom. The summed E-state index contributed by atoms with van der Waals surface area (Å²) in [4.78, 5) is 3.71. The fraction of sp³-hybridized carbons (Fsp3) is 0.600. The van der Waals surface area contributed by atoms with Crippen molar-refractivity contribution >= 4 is 38.9 Å². The number of nitrogens with two attached hydrogens (primary N) is 1. The molecule has 1 aliphatic rings. The monoisotopic (exact) mass is 308 g/mol. The highest BCUT2D eigenvalue weighted by Gasteiger charge is 2.17. The Bertz CT molecular complexity index is 323. The molecule has 2 nitrogen and oxygen atoms in total. The maximum Gasteiger partial charge on any atom is 0.107 e. The first-order valence-corrected chi connectivity index (χ1v) is 7.05. The molecule has 0 radical (unpaired) electrons. The van der Waals surface area contributed by atoms with E-state index < -0.39 is 0 Å². The van der Waals surface area contributed by atoms with Crippen LogP contribution in [0.1, 0.15) is 17.7 Å². The highest BCUT2D eigenvalue weighted by atomic mass is 79.9. The quantitative estimate of drug-likeness (QED) is 0.909. The van der Waals surface area contributed by atoms with Gasteiger partial charge in [-0.2, -0.15) is 0 Å². The molecule has 84 valence electrons. The molecule has 2 rings (SSSR count). The Morgan fingerprint density at radius 1 is 1.67 bits per heavy atom. The van der Waals surface area contributed by atoms with Crippen molar-refractivity contribution in [1.82, 2.24) is 4.90 Å². The Balaban J connectivity index is 1.96. The van der Waals surface area contributed by atoms with Gasteiger partial charge >= 0.3 is 0 Å². The van der Waals surface area contributed by atoms with Crippen LogP contribution < -0.4 is 5.73 Å². The number of nitrogens with zero attached hydrogens (tertiary/aromatic N) is 1. The van der Waals surface area contributed by atoms with E-state index >= 15 is 0 Å². The minimum absolute atomic E-state index is 0.345. The fourth-order valence-corrected chi connectivity index (χ4v) is 3.76. The molecule has 1 fully saturated rings. The largest absolute Gasteiger partial charge is 0.327 e. The van der Waals surface area contributed by atoms with E-state index in [1.54, 1.807) is 11.3 Å². The summed E-state index contributed by atoms with van der Waals surface area (Å²) < 4.78 is 1.84. The first kappa shape index (κ1) is 11.9. The van der Waals surface area contributed by atoms with Crippen molar-refractivity contribution in [2.24, 2.45) is 5.73 Å². The molecule has 0 saturated carbocycles. The third-order valence-electron chi connectivity index (χ3n) is 2.62. The lowest BCUT2D eigenvalue weighted by Crippen LogP contribution is -2.42. The van der Waals surface area contributed by atoms with Crippen molar-refractivity contribution in [2.45, 2.75) is 25.4 Å². The molecule has 2 N–H and O–H groups in total. The van der Waals surface area contributed by atoms with Crippen molar-refractivity contribution in [2.75, 3.05) is 13.1 Å². The number of hydrogen-bond donors (Lipinski definition) is 1. The summed E-state index contributed by atoms with van der Waals surface area (Å²) in [6, 6.07) is 2.45. The van der Waals surface area contributed by atoms with Crippen molar-refractivity contribution < 1.29 is 0 Å². The normalized spacial score (nSPS) is 23.3. The second-order valence-corrected chi connectivity index (χ2v) is 6.56. The van der Waals surface area contributed by atoms with Crippen molar-refractivity contribution in [1.29, 1.82) is 0 Å². The molecular weight excluding hydrogens is 296 g/mol. The van der Waals surface area contributed by atoms with E-state index in [2.05, 4.69) is 26.9 Å². The zero-order chi connectivity index (χ0) is 10.8. The second kappa shape index (κ2) is 5.15. The van der Waals surface area contributed by atoms with Crippen LogP contribution in [-0.4, -0.2) is 24.0 Å². The zero-order valence-electron chi connectivity index (χ0n) is 8.38. The maximum atomic E-state index is 6.00. The fourth-order valence-electron chi connectivity index (χ4n) is 1.92. The molecule has 0 unspecified atom stereocenters. The lowest BCUT2D eigenvalue weighted by Gasteiger charge is -2.30. The van der Waals surface area contributed by atoms with Gasteiger partial charge in [0, 0.05) is 28.5 Å². The molecule has 1 aliphatic heterocycles. The molecule has 0 bridgehead atoms. The predicted molar refractivity (Wildman–Crippen MR) is 69.5 cm³/mol. The van der Waals surface area contributed by atoms with Crippen LogP contribution in [0.15, 0.2) is 10.5 Å².